The summed E-state index contributed by atoms with van der Waals surface area (Å²) < 4.78 is 5.26. The van der Waals surface area contributed by atoms with Crippen molar-refractivity contribution in [1.29, 1.82) is 0 Å². The van der Waals surface area contributed by atoms with Crippen LogP contribution in [-0.2, 0) is 6.54 Å². The van der Waals surface area contributed by atoms with Crippen LogP contribution in [0.2, 0.25) is 0 Å². The molecule has 1 saturated heterocycles. The maximum atomic E-state index is 11.7. The highest BCUT2D eigenvalue weighted by atomic mass is 32.2. The summed E-state index contributed by atoms with van der Waals surface area (Å²) in [5.74, 6) is 0.570. The summed E-state index contributed by atoms with van der Waals surface area (Å²) in [6, 6.07) is 7.73. The first-order valence-electron chi connectivity index (χ1n) is 8.71. The fourth-order valence-electron chi connectivity index (χ4n) is 2.30. The molecule has 2 rings (SSSR count). The molecule has 4 N–H and O–H groups in total. The van der Waals surface area contributed by atoms with Gasteiger partial charge < -0.3 is 25.6 Å². The van der Waals surface area contributed by atoms with Crippen molar-refractivity contribution in [3.63, 3.8) is 0 Å². The minimum absolute atomic E-state index is 0.157. The van der Waals surface area contributed by atoms with E-state index in [1.54, 1.807) is 0 Å². The van der Waals surface area contributed by atoms with E-state index in [0.29, 0.717) is 5.75 Å². The molecular formula is C18H27N3O6S. The Labute approximate surface area is 168 Å². The third kappa shape index (κ3) is 11.4. The van der Waals surface area contributed by atoms with Crippen molar-refractivity contribution in [3.05, 3.63) is 29.8 Å². The average Bonchev–Trinajstić information content (AvgIpc) is 2.55. The maximum Gasteiger partial charge on any atom is 0.413 e. The van der Waals surface area contributed by atoms with Gasteiger partial charge in [-0.3, -0.25) is 4.90 Å². The van der Waals surface area contributed by atoms with Crippen LogP contribution in [0.15, 0.2) is 24.3 Å². The molecule has 1 heterocycles. The van der Waals surface area contributed by atoms with Gasteiger partial charge in [0.2, 0.25) is 0 Å². The Bertz CT molecular complexity index is 642. The predicted octanol–water partition coefficient (Wildman–Crippen LogP) is 3.05. The number of amides is 1. The number of carboxylic acid groups (broad SMARTS) is 2. The van der Waals surface area contributed by atoms with Gasteiger partial charge in [0.15, 0.2) is 0 Å². The summed E-state index contributed by atoms with van der Waals surface area (Å²) in [5.41, 5.74) is 0.944. The highest BCUT2D eigenvalue weighted by molar-refractivity contribution is 8.25. The minimum atomic E-state index is -1.40. The van der Waals surface area contributed by atoms with Crippen molar-refractivity contribution >= 4 is 28.5 Å². The first-order valence-corrected chi connectivity index (χ1v) is 9.52. The van der Waals surface area contributed by atoms with E-state index in [1.165, 1.54) is 5.56 Å². The number of carbonyl (C=O) groups excluding carboxylic acids is 1. The van der Waals surface area contributed by atoms with Gasteiger partial charge in [0.05, 0.1) is 11.8 Å². The zero-order valence-corrected chi connectivity index (χ0v) is 17.0. The van der Waals surface area contributed by atoms with Crippen LogP contribution in [0.4, 0.5) is 14.4 Å². The maximum absolute atomic E-state index is 11.7. The smallest absolute Gasteiger partial charge is 0.413 e. The summed E-state index contributed by atoms with van der Waals surface area (Å²) in [7, 11) is 0. The molecule has 0 radical (unpaired) electrons. The summed E-state index contributed by atoms with van der Waals surface area (Å²) in [6.45, 7) is 11.0. The quantitative estimate of drug-likeness (QED) is 0.591. The molecule has 10 heteroatoms. The largest absolute Gasteiger partial charge is 0.473 e. The molecule has 0 aliphatic carbocycles. The molecule has 1 fully saturated rings. The third-order valence-corrected chi connectivity index (χ3v) is 3.75. The molecule has 1 amide bonds. The van der Waals surface area contributed by atoms with Gasteiger partial charge in [0.25, 0.3) is 0 Å². The molecule has 0 atom stereocenters. The Morgan fingerprint density at radius 1 is 1.11 bits per heavy atom. The Morgan fingerprint density at radius 2 is 1.64 bits per heavy atom. The van der Waals surface area contributed by atoms with Gasteiger partial charge in [0, 0.05) is 38.3 Å². The number of hydrogen-bond donors (Lipinski definition) is 4. The van der Waals surface area contributed by atoms with E-state index in [2.05, 4.69) is 15.5 Å². The summed E-state index contributed by atoms with van der Waals surface area (Å²) in [6.07, 6.45) is -0.419. The first-order chi connectivity index (χ1) is 13.0. The van der Waals surface area contributed by atoms with Gasteiger partial charge in [-0.1, -0.05) is 12.1 Å². The number of rotatable bonds is 3. The van der Waals surface area contributed by atoms with Crippen molar-refractivity contribution in [2.24, 2.45) is 0 Å². The number of nitrogens with zero attached hydrogens (tertiary/aromatic N) is 1. The van der Waals surface area contributed by atoms with Crippen LogP contribution in [0, 0.1) is 0 Å². The van der Waals surface area contributed by atoms with Gasteiger partial charge in [0.1, 0.15) is 5.75 Å². The van der Waals surface area contributed by atoms with Crippen LogP contribution in [0.3, 0.4) is 0 Å². The number of carbonyl (C=O) groups is 3. The monoisotopic (exact) mass is 413 g/mol. The lowest BCUT2D eigenvalue weighted by Crippen LogP contribution is -2.42. The second-order valence-corrected chi connectivity index (χ2v) is 7.97. The second kappa shape index (κ2) is 11.5. The van der Waals surface area contributed by atoms with Crippen LogP contribution < -0.4 is 15.4 Å². The lowest BCUT2D eigenvalue weighted by Gasteiger charge is -2.27. The Balaban J connectivity index is 0.000000480. The second-order valence-electron chi connectivity index (χ2n) is 7.07. The fraction of sp³-hybridized carbons (Fsp3) is 0.500. The number of piperazine rings is 1. The highest BCUT2D eigenvalue weighted by Crippen LogP contribution is 2.14. The van der Waals surface area contributed by atoms with Crippen molar-refractivity contribution in [2.45, 2.75) is 32.9 Å². The van der Waals surface area contributed by atoms with E-state index in [-0.39, 0.29) is 17.3 Å². The lowest BCUT2D eigenvalue weighted by molar-refractivity contribution is 0.190. The van der Waals surface area contributed by atoms with Crippen LogP contribution in [-0.4, -0.2) is 63.5 Å². The first kappa shape index (κ1) is 23.7. The van der Waals surface area contributed by atoms with Gasteiger partial charge in [-0.05, 0) is 38.5 Å². The van der Waals surface area contributed by atoms with E-state index in [4.69, 9.17) is 14.9 Å². The topological polar surface area (TPSA) is 128 Å². The number of benzene rings is 1. The van der Waals surface area contributed by atoms with Gasteiger partial charge in [-0.15, -0.1) is 0 Å². The van der Waals surface area contributed by atoms with Gasteiger partial charge >= 0.3 is 16.7 Å². The Morgan fingerprint density at radius 3 is 2.07 bits per heavy atom. The number of ether oxygens (including phenoxy) is 1. The molecule has 28 heavy (non-hydrogen) atoms. The molecule has 0 unspecified atom stereocenters. The molecule has 0 bridgehead atoms. The van der Waals surface area contributed by atoms with Crippen LogP contribution in [0.1, 0.15) is 26.3 Å². The molecular weight excluding hydrogens is 386 g/mol. The van der Waals surface area contributed by atoms with Crippen molar-refractivity contribution < 1.29 is 29.3 Å². The fourth-order valence-corrected chi connectivity index (χ4v) is 2.45. The highest BCUT2D eigenvalue weighted by Gasteiger charge is 2.15. The van der Waals surface area contributed by atoms with Crippen molar-refractivity contribution in [3.8, 4) is 5.75 Å². The number of nitrogens with one attached hydrogen (secondary N) is 2. The zero-order chi connectivity index (χ0) is 21.2. The van der Waals surface area contributed by atoms with Gasteiger partial charge in [-0.25, -0.2) is 14.4 Å². The summed E-state index contributed by atoms with van der Waals surface area (Å²) in [4.78, 5) is 32.9. The molecule has 0 spiro atoms. The van der Waals surface area contributed by atoms with Crippen molar-refractivity contribution in [2.75, 3.05) is 26.2 Å². The van der Waals surface area contributed by atoms with E-state index in [9.17, 15) is 14.4 Å². The molecule has 0 aromatic heterocycles. The van der Waals surface area contributed by atoms with Crippen molar-refractivity contribution in [1.82, 2.24) is 15.5 Å². The molecule has 1 aliphatic heterocycles. The molecule has 9 nitrogen and oxygen atoms in total. The standard InChI is InChI=1S/C16H25N3O2.C2H2O4S/c1-16(2,3)18-15(20)21-14-6-4-13(5-7-14)12-19-10-8-17-9-11-19;3-1(4)7-2(5)6/h4-7,17H,8-12H2,1-3H3,(H,18,20);(H,3,4)(H,5,6). The number of hydrogen-bond acceptors (Lipinski definition) is 7. The zero-order valence-electron chi connectivity index (χ0n) is 16.2. The SMILES string of the molecule is CC(C)(C)NC(=O)Oc1ccc(CN2CCNCC2)cc1.O=C(O)SC(=O)O. The lowest BCUT2D eigenvalue weighted by atomic mass is 10.1. The Kier molecular flexibility index (Phi) is 9.77. The van der Waals surface area contributed by atoms with E-state index in [1.807, 2.05) is 45.0 Å². The van der Waals surface area contributed by atoms with E-state index < -0.39 is 16.7 Å². The van der Waals surface area contributed by atoms with E-state index >= 15 is 0 Å². The third-order valence-electron chi connectivity index (χ3n) is 3.40. The van der Waals surface area contributed by atoms with Crippen LogP contribution >= 0.6 is 11.8 Å². The molecule has 156 valence electrons. The average molecular weight is 413 g/mol. The van der Waals surface area contributed by atoms with Crippen LogP contribution in [0.25, 0.3) is 0 Å². The van der Waals surface area contributed by atoms with Gasteiger partial charge in [-0.2, -0.15) is 0 Å². The molecule has 1 aromatic carbocycles. The number of thioether (sulfide) groups is 1. The predicted molar refractivity (Wildman–Crippen MR) is 107 cm³/mol. The minimum Gasteiger partial charge on any atom is -0.473 e. The normalized spacial score (nSPS) is 14.4. The molecule has 0 saturated carbocycles. The molecule has 1 aliphatic rings. The molecule has 1 aromatic rings. The summed E-state index contributed by atoms with van der Waals surface area (Å²) >= 11 is -0.157. The Hall–Kier alpha value is -2.30. The summed E-state index contributed by atoms with van der Waals surface area (Å²) in [5, 5.41) is 18.7. The van der Waals surface area contributed by atoms with E-state index in [0.717, 1.165) is 32.7 Å². The van der Waals surface area contributed by atoms with Crippen LogP contribution in [0.5, 0.6) is 5.75 Å².